The Morgan fingerprint density at radius 1 is 1.06 bits per heavy atom. The fraction of sp³-hybridized carbons (Fsp3) is 0.240. The minimum absolute atomic E-state index is 0.0578. The highest BCUT2D eigenvalue weighted by Gasteiger charge is 2.25. The minimum atomic E-state index is -4.03. The second-order valence-electron chi connectivity index (χ2n) is 8.22. The van der Waals surface area contributed by atoms with Crippen molar-refractivity contribution in [2.24, 2.45) is 0 Å². The number of sulfonamides is 1. The van der Waals surface area contributed by atoms with E-state index in [0.29, 0.717) is 23.1 Å². The first-order valence-corrected chi connectivity index (χ1v) is 12.3. The van der Waals surface area contributed by atoms with Crippen molar-refractivity contribution in [3.63, 3.8) is 0 Å². The summed E-state index contributed by atoms with van der Waals surface area (Å²) < 4.78 is 53.8. The van der Waals surface area contributed by atoms with E-state index in [1.807, 2.05) is 18.2 Å². The Balaban J connectivity index is 1.44. The van der Waals surface area contributed by atoms with Crippen molar-refractivity contribution in [1.82, 2.24) is 4.72 Å². The van der Waals surface area contributed by atoms with E-state index in [4.69, 9.17) is 9.47 Å². The number of rotatable bonds is 7. The topological polar surface area (TPSA) is 93.7 Å². The van der Waals surface area contributed by atoms with Gasteiger partial charge in [0.15, 0.2) is 11.5 Å². The first kappa shape index (κ1) is 23.7. The lowest BCUT2D eigenvalue weighted by atomic mass is 10.0. The Hall–Kier alpha value is -3.43. The summed E-state index contributed by atoms with van der Waals surface area (Å²) in [4.78, 5) is 12.4. The normalized spacial score (nSPS) is 15.2. The molecular formula is C25H25FN2O5S. The molecule has 1 unspecified atom stereocenters. The van der Waals surface area contributed by atoms with Crippen molar-refractivity contribution in [2.45, 2.75) is 30.8 Å². The fourth-order valence-electron chi connectivity index (χ4n) is 3.44. The highest BCUT2D eigenvalue weighted by Crippen LogP contribution is 2.30. The summed E-state index contributed by atoms with van der Waals surface area (Å²) >= 11 is 0. The molecule has 0 saturated carbocycles. The van der Waals surface area contributed by atoms with E-state index >= 15 is 0 Å². The maximum atomic E-state index is 14.4. The van der Waals surface area contributed by atoms with Gasteiger partial charge in [0.2, 0.25) is 10.0 Å². The third kappa shape index (κ3) is 5.37. The van der Waals surface area contributed by atoms with E-state index in [1.165, 1.54) is 0 Å². The summed E-state index contributed by atoms with van der Waals surface area (Å²) in [5, 5.41) is 2.61. The molecule has 1 atom stereocenters. The molecule has 9 heteroatoms. The third-order valence-corrected chi connectivity index (χ3v) is 6.82. The SMILES string of the molecule is CC(C)c1ccc(NC(=O)c2cc(S(=O)(=O)NCC3COc4ccccc4O3)ccc2F)cc1. The molecule has 3 aromatic rings. The molecule has 1 amide bonds. The Kier molecular flexibility index (Phi) is 6.85. The quantitative estimate of drug-likeness (QED) is 0.521. The van der Waals surface area contributed by atoms with Crippen molar-refractivity contribution in [3.8, 4) is 11.5 Å². The van der Waals surface area contributed by atoms with Crippen LogP contribution >= 0.6 is 0 Å². The number of hydrogen-bond donors (Lipinski definition) is 2. The van der Waals surface area contributed by atoms with Gasteiger partial charge in [0, 0.05) is 5.69 Å². The molecule has 0 aromatic heterocycles. The van der Waals surface area contributed by atoms with Crippen molar-refractivity contribution in [1.29, 1.82) is 0 Å². The van der Waals surface area contributed by atoms with Crippen molar-refractivity contribution >= 4 is 21.6 Å². The Morgan fingerprint density at radius 2 is 1.76 bits per heavy atom. The number of fused-ring (bicyclic) bond motifs is 1. The number of halogens is 1. The number of anilines is 1. The molecule has 0 saturated heterocycles. The average molecular weight is 485 g/mol. The molecule has 0 spiro atoms. The van der Waals surface area contributed by atoms with E-state index < -0.39 is 27.9 Å². The number of amides is 1. The number of carbonyl (C=O) groups excluding carboxylic acids is 1. The highest BCUT2D eigenvalue weighted by molar-refractivity contribution is 7.89. The van der Waals surface area contributed by atoms with Crippen LogP contribution in [0, 0.1) is 5.82 Å². The van der Waals surface area contributed by atoms with Gasteiger partial charge in [0.05, 0.1) is 17.0 Å². The first-order valence-electron chi connectivity index (χ1n) is 10.8. The predicted octanol–water partition coefficient (Wildman–Crippen LogP) is 4.32. The van der Waals surface area contributed by atoms with Gasteiger partial charge in [-0.05, 0) is 53.9 Å². The molecule has 0 aliphatic carbocycles. The van der Waals surface area contributed by atoms with E-state index in [1.54, 1.807) is 30.3 Å². The zero-order valence-corrected chi connectivity index (χ0v) is 19.6. The third-order valence-electron chi connectivity index (χ3n) is 5.40. The number of para-hydroxylation sites is 2. The molecule has 0 bridgehead atoms. The van der Waals surface area contributed by atoms with Gasteiger partial charge in [-0.15, -0.1) is 0 Å². The lowest BCUT2D eigenvalue weighted by Gasteiger charge is -2.26. The molecule has 1 aliphatic rings. The standard InChI is InChI=1S/C25H25FN2O5S/c1-16(2)17-7-9-18(10-8-17)28-25(29)21-13-20(11-12-22(21)26)34(30,31)27-14-19-15-32-23-5-3-4-6-24(23)33-19/h3-13,16,19,27H,14-15H2,1-2H3,(H,28,29). The smallest absolute Gasteiger partial charge is 0.258 e. The molecule has 7 nitrogen and oxygen atoms in total. The number of carbonyl (C=O) groups is 1. The van der Waals surface area contributed by atoms with Gasteiger partial charge in [-0.25, -0.2) is 17.5 Å². The second-order valence-corrected chi connectivity index (χ2v) is 9.99. The van der Waals surface area contributed by atoms with E-state index in [0.717, 1.165) is 23.8 Å². The van der Waals surface area contributed by atoms with E-state index in [-0.39, 0.29) is 23.6 Å². The van der Waals surface area contributed by atoms with Crippen LogP contribution in [0.4, 0.5) is 10.1 Å². The summed E-state index contributed by atoms with van der Waals surface area (Å²) in [6.07, 6.45) is -0.540. The maximum absolute atomic E-state index is 14.4. The average Bonchev–Trinajstić information content (AvgIpc) is 2.83. The minimum Gasteiger partial charge on any atom is -0.486 e. The first-order chi connectivity index (χ1) is 16.2. The van der Waals surface area contributed by atoms with Crippen LogP contribution in [0.15, 0.2) is 71.6 Å². The number of hydrogen-bond acceptors (Lipinski definition) is 5. The van der Waals surface area contributed by atoms with Crippen LogP contribution in [-0.4, -0.2) is 33.6 Å². The lowest BCUT2D eigenvalue weighted by Crippen LogP contribution is -2.40. The molecule has 3 aromatic carbocycles. The molecule has 34 heavy (non-hydrogen) atoms. The Labute approximate surface area is 198 Å². The summed E-state index contributed by atoms with van der Waals surface area (Å²) in [5.41, 5.74) is 1.20. The molecule has 2 N–H and O–H groups in total. The van der Waals surface area contributed by atoms with E-state index in [2.05, 4.69) is 23.9 Å². The van der Waals surface area contributed by atoms with Gasteiger partial charge >= 0.3 is 0 Å². The largest absolute Gasteiger partial charge is 0.486 e. The maximum Gasteiger partial charge on any atom is 0.258 e. The van der Waals surface area contributed by atoms with Gasteiger partial charge in [-0.3, -0.25) is 4.79 Å². The van der Waals surface area contributed by atoms with Gasteiger partial charge in [-0.2, -0.15) is 0 Å². The van der Waals surface area contributed by atoms with Crippen molar-refractivity contribution in [2.75, 3.05) is 18.5 Å². The zero-order valence-electron chi connectivity index (χ0n) is 18.7. The van der Waals surface area contributed by atoms with Crippen LogP contribution in [0.5, 0.6) is 11.5 Å². The van der Waals surface area contributed by atoms with Crippen LogP contribution in [0.25, 0.3) is 0 Å². The van der Waals surface area contributed by atoms with E-state index in [9.17, 15) is 17.6 Å². The summed E-state index contributed by atoms with van der Waals surface area (Å²) in [6, 6.07) is 17.4. The van der Waals surface area contributed by atoms with Crippen LogP contribution in [0.1, 0.15) is 35.7 Å². The lowest BCUT2D eigenvalue weighted by molar-refractivity contribution is 0.0943. The van der Waals surface area contributed by atoms with Crippen molar-refractivity contribution < 1.29 is 27.1 Å². The molecule has 0 fully saturated rings. The molecule has 1 aliphatic heterocycles. The van der Waals surface area contributed by atoms with Crippen LogP contribution in [0.2, 0.25) is 0 Å². The summed E-state index contributed by atoms with van der Waals surface area (Å²) in [7, 11) is -4.03. The molecule has 178 valence electrons. The highest BCUT2D eigenvalue weighted by atomic mass is 32.2. The van der Waals surface area contributed by atoms with Gasteiger partial charge in [-0.1, -0.05) is 38.1 Å². The van der Waals surface area contributed by atoms with Gasteiger partial charge in [0.25, 0.3) is 5.91 Å². The molecule has 1 heterocycles. The zero-order chi connectivity index (χ0) is 24.3. The molecular weight excluding hydrogens is 459 g/mol. The second kappa shape index (κ2) is 9.82. The number of nitrogens with one attached hydrogen (secondary N) is 2. The van der Waals surface area contributed by atoms with Crippen molar-refractivity contribution in [3.05, 3.63) is 83.7 Å². The Bertz CT molecular complexity index is 1290. The summed E-state index contributed by atoms with van der Waals surface area (Å²) in [5.74, 6) is -0.116. The predicted molar refractivity (Wildman–Crippen MR) is 126 cm³/mol. The summed E-state index contributed by atoms with van der Waals surface area (Å²) in [6.45, 7) is 4.22. The monoisotopic (exact) mass is 484 g/mol. The fourth-order valence-corrected chi connectivity index (χ4v) is 4.54. The number of ether oxygens (including phenoxy) is 2. The van der Waals surface area contributed by atoms with Crippen LogP contribution in [0.3, 0.4) is 0 Å². The molecule has 0 radical (unpaired) electrons. The van der Waals surface area contributed by atoms with Crippen LogP contribution in [-0.2, 0) is 10.0 Å². The van der Waals surface area contributed by atoms with Gasteiger partial charge < -0.3 is 14.8 Å². The van der Waals surface area contributed by atoms with Crippen LogP contribution < -0.4 is 19.5 Å². The number of benzene rings is 3. The Morgan fingerprint density at radius 3 is 2.47 bits per heavy atom. The van der Waals surface area contributed by atoms with Gasteiger partial charge in [0.1, 0.15) is 18.5 Å². The molecule has 4 rings (SSSR count).